The number of hydrogen-bond acceptors (Lipinski definition) is 5. The van der Waals surface area contributed by atoms with Gasteiger partial charge in [-0.1, -0.05) is 23.7 Å². The molecule has 142 valence electrons. The van der Waals surface area contributed by atoms with E-state index in [9.17, 15) is 9.59 Å². The molecule has 0 atom stereocenters. The fourth-order valence-electron chi connectivity index (χ4n) is 2.69. The van der Waals surface area contributed by atoms with Gasteiger partial charge in [0.2, 0.25) is 5.91 Å². The zero-order chi connectivity index (χ0) is 19.2. The van der Waals surface area contributed by atoms with Crippen LogP contribution in [-0.2, 0) is 9.53 Å². The monoisotopic (exact) mass is 389 g/mol. The van der Waals surface area contributed by atoms with Gasteiger partial charge >= 0.3 is 0 Å². The van der Waals surface area contributed by atoms with Crippen LogP contribution in [0.1, 0.15) is 29.3 Å². The molecular formula is C20H20ClNO5. The first kappa shape index (κ1) is 19.2. The molecule has 0 radical (unpaired) electrons. The molecule has 1 N–H and O–H groups in total. The summed E-state index contributed by atoms with van der Waals surface area (Å²) >= 11 is 6.17. The minimum Gasteiger partial charge on any atom is -0.486 e. The van der Waals surface area contributed by atoms with Crippen molar-refractivity contribution in [3.8, 4) is 11.5 Å². The van der Waals surface area contributed by atoms with Gasteiger partial charge < -0.3 is 19.5 Å². The predicted molar refractivity (Wildman–Crippen MR) is 102 cm³/mol. The van der Waals surface area contributed by atoms with Crippen molar-refractivity contribution in [2.75, 3.05) is 31.7 Å². The summed E-state index contributed by atoms with van der Waals surface area (Å²) in [6.45, 7) is 3.50. The molecule has 2 aromatic carbocycles. The molecule has 27 heavy (non-hydrogen) atoms. The smallest absolute Gasteiger partial charge is 0.226 e. The third-order valence-corrected chi connectivity index (χ3v) is 4.33. The standard InChI is InChI=1S/C20H20ClNO5/c1-2-25-8-7-19(23)22-16-12-18-17(26-9-10-27-18)11-14(16)20(24)13-5-3-4-6-15(13)21/h3-6,11-12H,2,7-10H2,1H3,(H,22,23). The number of halogens is 1. The molecule has 6 nitrogen and oxygen atoms in total. The maximum Gasteiger partial charge on any atom is 0.226 e. The van der Waals surface area contributed by atoms with E-state index in [4.69, 9.17) is 25.8 Å². The number of rotatable bonds is 7. The van der Waals surface area contributed by atoms with E-state index in [0.717, 1.165) is 0 Å². The second-order valence-corrected chi connectivity index (χ2v) is 6.25. The van der Waals surface area contributed by atoms with Crippen molar-refractivity contribution in [2.45, 2.75) is 13.3 Å². The topological polar surface area (TPSA) is 73.9 Å². The third-order valence-electron chi connectivity index (χ3n) is 4.00. The molecule has 0 aromatic heterocycles. The van der Waals surface area contributed by atoms with E-state index in [0.29, 0.717) is 54.2 Å². The molecule has 7 heteroatoms. The maximum absolute atomic E-state index is 13.1. The fraction of sp³-hybridized carbons (Fsp3) is 0.300. The highest BCUT2D eigenvalue weighted by atomic mass is 35.5. The zero-order valence-corrected chi connectivity index (χ0v) is 15.7. The number of hydrogen-bond donors (Lipinski definition) is 1. The lowest BCUT2D eigenvalue weighted by molar-refractivity contribution is -0.117. The molecule has 0 saturated carbocycles. The quantitative estimate of drug-likeness (QED) is 0.577. The van der Waals surface area contributed by atoms with Crippen molar-refractivity contribution in [3.63, 3.8) is 0 Å². The van der Waals surface area contributed by atoms with Crippen LogP contribution in [-0.4, -0.2) is 38.1 Å². The van der Waals surface area contributed by atoms with E-state index in [2.05, 4.69) is 5.32 Å². The average Bonchev–Trinajstić information content (AvgIpc) is 2.67. The van der Waals surface area contributed by atoms with Crippen molar-refractivity contribution in [3.05, 3.63) is 52.5 Å². The lowest BCUT2D eigenvalue weighted by Gasteiger charge is -2.21. The number of anilines is 1. The zero-order valence-electron chi connectivity index (χ0n) is 14.9. The summed E-state index contributed by atoms with van der Waals surface area (Å²) in [5.74, 6) is 0.382. The molecule has 1 amide bonds. The van der Waals surface area contributed by atoms with E-state index < -0.39 is 0 Å². The van der Waals surface area contributed by atoms with Gasteiger partial charge in [-0.05, 0) is 25.1 Å². The number of carbonyl (C=O) groups is 2. The van der Waals surface area contributed by atoms with Crippen LogP contribution < -0.4 is 14.8 Å². The van der Waals surface area contributed by atoms with E-state index in [1.165, 1.54) is 0 Å². The first-order valence-electron chi connectivity index (χ1n) is 8.70. The van der Waals surface area contributed by atoms with Crippen molar-refractivity contribution < 1.29 is 23.8 Å². The number of ketones is 1. The summed E-state index contributed by atoms with van der Waals surface area (Å²) < 4.78 is 16.4. The molecular weight excluding hydrogens is 370 g/mol. The number of ether oxygens (including phenoxy) is 3. The van der Waals surface area contributed by atoms with Gasteiger partial charge in [-0.15, -0.1) is 0 Å². The molecule has 0 fully saturated rings. The van der Waals surface area contributed by atoms with E-state index in [1.807, 2.05) is 6.92 Å². The SMILES string of the molecule is CCOCCC(=O)Nc1cc2c(cc1C(=O)c1ccccc1Cl)OCCO2. The lowest BCUT2D eigenvalue weighted by Crippen LogP contribution is -2.20. The van der Waals surface area contributed by atoms with E-state index in [1.54, 1.807) is 36.4 Å². The van der Waals surface area contributed by atoms with Gasteiger partial charge in [0.05, 0.1) is 29.3 Å². The van der Waals surface area contributed by atoms with Crippen LogP contribution in [0.15, 0.2) is 36.4 Å². The molecule has 1 aliphatic rings. The fourth-order valence-corrected chi connectivity index (χ4v) is 2.91. The Bertz CT molecular complexity index is 852. The Morgan fingerprint density at radius 3 is 2.52 bits per heavy atom. The van der Waals surface area contributed by atoms with Crippen LogP contribution in [0.5, 0.6) is 11.5 Å². The minimum absolute atomic E-state index is 0.183. The number of amides is 1. The van der Waals surface area contributed by atoms with Crippen LogP contribution in [0.4, 0.5) is 5.69 Å². The molecule has 1 aliphatic heterocycles. The van der Waals surface area contributed by atoms with Gasteiger partial charge in [-0.3, -0.25) is 9.59 Å². The Balaban J connectivity index is 1.94. The van der Waals surface area contributed by atoms with Crippen molar-refractivity contribution in [1.82, 2.24) is 0 Å². The average molecular weight is 390 g/mol. The second kappa shape index (κ2) is 8.88. The van der Waals surface area contributed by atoms with Gasteiger partial charge in [0.15, 0.2) is 17.3 Å². The second-order valence-electron chi connectivity index (χ2n) is 5.85. The van der Waals surface area contributed by atoms with Crippen LogP contribution in [0.25, 0.3) is 0 Å². The van der Waals surface area contributed by atoms with Gasteiger partial charge in [-0.2, -0.15) is 0 Å². The molecule has 0 saturated heterocycles. The summed E-state index contributed by atoms with van der Waals surface area (Å²) in [5, 5.41) is 3.11. The first-order valence-corrected chi connectivity index (χ1v) is 9.08. The van der Waals surface area contributed by atoms with Crippen LogP contribution in [0, 0.1) is 0 Å². The van der Waals surface area contributed by atoms with Gasteiger partial charge in [0.25, 0.3) is 0 Å². The molecule has 0 bridgehead atoms. The highest BCUT2D eigenvalue weighted by Crippen LogP contribution is 2.37. The normalized spacial score (nSPS) is 12.5. The summed E-state index contributed by atoms with van der Waals surface area (Å²) in [5.41, 5.74) is 0.989. The number of benzene rings is 2. The summed E-state index contributed by atoms with van der Waals surface area (Å²) in [4.78, 5) is 25.3. The molecule has 2 aromatic rings. The maximum atomic E-state index is 13.1. The Kier molecular flexibility index (Phi) is 6.32. The minimum atomic E-state index is -0.308. The number of nitrogens with one attached hydrogen (secondary N) is 1. The molecule has 0 aliphatic carbocycles. The third kappa shape index (κ3) is 4.59. The number of fused-ring (bicyclic) bond motifs is 1. The lowest BCUT2D eigenvalue weighted by atomic mass is 10.0. The highest BCUT2D eigenvalue weighted by molar-refractivity contribution is 6.35. The van der Waals surface area contributed by atoms with Crippen molar-refractivity contribution >= 4 is 29.0 Å². The highest BCUT2D eigenvalue weighted by Gasteiger charge is 2.23. The molecule has 0 unspecified atom stereocenters. The molecule has 0 spiro atoms. The summed E-state index contributed by atoms with van der Waals surface area (Å²) in [7, 11) is 0. The first-order chi connectivity index (χ1) is 13.1. The van der Waals surface area contributed by atoms with Crippen LogP contribution >= 0.6 is 11.6 Å². The van der Waals surface area contributed by atoms with Crippen LogP contribution in [0.3, 0.4) is 0 Å². The largest absolute Gasteiger partial charge is 0.486 e. The summed E-state index contributed by atoms with van der Waals surface area (Å²) in [6.07, 6.45) is 0.183. The van der Waals surface area contributed by atoms with E-state index in [-0.39, 0.29) is 23.7 Å². The Morgan fingerprint density at radius 2 is 1.81 bits per heavy atom. The summed E-state index contributed by atoms with van der Waals surface area (Å²) in [6, 6.07) is 9.96. The van der Waals surface area contributed by atoms with Crippen molar-refractivity contribution in [2.24, 2.45) is 0 Å². The van der Waals surface area contributed by atoms with Crippen LogP contribution in [0.2, 0.25) is 5.02 Å². The molecule has 1 heterocycles. The van der Waals surface area contributed by atoms with Crippen molar-refractivity contribution in [1.29, 1.82) is 0 Å². The Hall–Kier alpha value is -2.57. The van der Waals surface area contributed by atoms with E-state index >= 15 is 0 Å². The van der Waals surface area contributed by atoms with Gasteiger partial charge in [-0.25, -0.2) is 0 Å². The Morgan fingerprint density at radius 1 is 1.11 bits per heavy atom. The Labute approximate surface area is 162 Å². The van der Waals surface area contributed by atoms with Gasteiger partial charge in [0.1, 0.15) is 13.2 Å². The van der Waals surface area contributed by atoms with Gasteiger partial charge in [0, 0.05) is 18.2 Å². The number of carbonyl (C=O) groups excluding carboxylic acids is 2. The molecule has 3 rings (SSSR count). The predicted octanol–water partition coefficient (Wildman–Crippen LogP) is 3.71.